The van der Waals surface area contributed by atoms with Gasteiger partial charge in [0.1, 0.15) is 18.4 Å². The highest BCUT2D eigenvalue weighted by Gasteiger charge is 2.21. The molecule has 0 amide bonds. The van der Waals surface area contributed by atoms with Crippen LogP contribution in [0.4, 0.5) is 4.39 Å². The molecule has 1 saturated heterocycles. The van der Waals surface area contributed by atoms with Crippen LogP contribution in [0.1, 0.15) is 44.0 Å². The zero-order chi connectivity index (χ0) is 25.9. The fourth-order valence-corrected chi connectivity index (χ4v) is 3.64. The number of halogens is 1. The molecule has 2 aromatic heterocycles. The van der Waals surface area contributed by atoms with E-state index in [1.165, 1.54) is 16.8 Å². The van der Waals surface area contributed by atoms with Crippen LogP contribution in [0, 0.1) is 17.1 Å². The monoisotopic (exact) mass is 500 g/mol. The van der Waals surface area contributed by atoms with Crippen LogP contribution in [-0.2, 0) is 22.7 Å². The van der Waals surface area contributed by atoms with E-state index in [1.807, 2.05) is 0 Å². The van der Waals surface area contributed by atoms with Gasteiger partial charge in [-0.3, -0.25) is 9.48 Å². The van der Waals surface area contributed by atoms with Gasteiger partial charge in [-0.2, -0.15) is 10.4 Å². The molecule has 4 rings (SSSR count). The van der Waals surface area contributed by atoms with Crippen molar-refractivity contribution >= 4 is 6.47 Å². The number of hydrogen-bond donors (Lipinski definition) is 2. The predicted octanol–water partition coefficient (Wildman–Crippen LogP) is 1.61. The standard InChI is InChI=1S/C19H21FN8O2.C4H8O2/c20-16-9-13(19-24-25-26-27(19)7-8-29)1-2-18(16)30-12-14-11-23-28(17(14)10-21)15-3-5-22-6-4-15;1-4(2)6-3-5/h1-2,9,11,15,22,29H,3-8,12H2;3-4H,1-2H3. The van der Waals surface area contributed by atoms with Crippen molar-refractivity contribution in [3.63, 3.8) is 0 Å². The number of nitrogens with zero attached hydrogens (tertiary/aromatic N) is 7. The first-order valence-electron chi connectivity index (χ1n) is 11.5. The third kappa shape index (κ3) is 6.83. The van der Waals surface area contributed by atoms with E-state index in [2.05, 4.69) is 36.7 Å². The van der Waals surface area contributed by atoms with Crippen LogP contribution < -0.4 is 10.1 Å². The number of tetrazole rings is 1. The summed E-state index contributed by atoms with van der Waals surface area (Å²) in [6, 6.07) is 6.78. The van der Waals surface area contributed by atoms with E-state index in [1.54, 1.807) is 30.8 Å². The molecule has 2 N–H and O–H groups in total. The van der Waals surface area contributed by atoms with E-state index in [9.17, 15) is 14.4 Å². The lowest BCUT2D eigenvalue weighted by Crippen LogP contribution is -2.30. The summed E-state index contributed by atoms with van der Waals surface area (Å²) in [7, 11) is 0. The summed E-state index contributed by atoms with van der Waals surface area (Å²) in [4.78, 5) is 9.39. The largest absolute Gasteiger partial charge is 0.486 e. The molecule has 0 unspecified atom stereocenters. The second-order valence-electron chi connectivity index (χ2n) is 8.22. The average molecular weight is 501 g/mol. The van der Waals surface area contributed by atoms with E-state index in [0.717, 1.165) is 25.9 Å². The van der Waals surface area contributed by atoms with Gasteiger partial charge in [-0.15, -0.1) is 5.10 Å². The van der Waals surface area contributed by atoms with E-state index in [0.29, 0.717) is 29.1 Å². The third-order valence-electron chi connectivity index (χ3n) is 5.38. The number of nitrogens with one attached hydrogen (secondary N) is 1. The Morgan fingerprint density at radius 3 is 2.75 bits per heavy atom. The predicted molar refractivity (Wildman–Crippen MR) is 125 cm³/mol. The van der Waals surface area contributed by atoms with Gasteiger partial charge in [0.25, 0.3) is 6.47 Å². The van der Waals surface area contributed by atoms with E-state index in [4.69, 9.17) is 9.84 Å². The minimum atomic E-state index is -0.574. The van der Waals surface area contributed by atoms with Gasteiger partial charge in [0.05, 0.1) is 31.5 Å². The van der Waals surface area contributed by atoms with Gasteiger partial charge in [0.15, 0.2) is 17.4 Å². The number of nitriles is 1. The highest BCUT2D eigenvalue weighted by molar-refractivity contribution is 5.56. The Morgan fingerprint density at radius 2 is 2.14 bits per heavy atom. The molecule has 1 aromatic carbocycles. The maximum atomic E-state index is 14.6. The third-order valence-corrected chi connectivity index (χ3v) is 5.38. The van der Waals surface area contributed by atoms with Gasteiger partial charge >= 0.3 is 0 Å². The summed E-state index contributed by atoms with van der Waals surface area (Å²) in [5.74, 6) is -0.168. The molecule has 3 aromatic rings. The van der Waals surface area contributed by atoms with Crippen molar-refractivity contribution < 1.29 is 23.8 Å². The Morgan fingerprint density at radius 1 is 1.36 bits per heavy atom. The Bertz CT molecular complexity index is 1170. The van der Waals surface area contributed by atoms with Gasteiger partial charge < -0.3 is 19.9 Å². The molecule has 0 spiro atoms. The Hall–Kier alpha value is -3.89. The molecular formula is C23H29FN8O4. The number of aliphatic hydroxyl groups excluding tert-OH is 1. The molecule has 0 aliphatic carbocycles. The molecule has 0 radical (unpaired) electrons. The maximum absolute atomic E-state index is 14.6. The molecule has 13 heteroatoms. The molecule has 0 bridgehead atoms. The van der Waals surface area contributed by atoms with E-state index in [-0.39, 0.29) is 37.7 Å². The van der Waals surface area contributed by atoms with Crippen molar-refractivity contribution in [2.75, 3.05) is 19.7 Å². The number of aromatic nitrogens is 6. The molecular weight excluding hydrogens is 471 g/mol. The van der Waals surface area contributed by atoms with Crippen LogP contribution in [0.25, 0.3) is 11.4 Å². The first kappa shape index (κ1) is 26.7. The lowest BCUT2D eigenvalue weighted by Gasteiger charge is -2.23. The fourth-order valence-electron chi connectivity index (χ4n) is 3.64. The van der Waals surface area contributed by atoms with Crippen molar-refractivity contribution in [3.05, 3.63) is 41.5 Å². The minimum Gasteiger partial charge on any atom is -0.486 e. The first-order valence-corrected chi connectivity index (χ1v) is 11.5. The number of carbonyl (C=O) groups is 1. The van der Waals surface area contributed by atoms with Gasteiger partial charge in [-0.25, -0.2) is 9.07 Å². The molecule has 12 nitrogen and oxygen atoms in total. The maximum Gasteiger partial charge on any atom is 0.293 e. The first-order chi connectivity index (χ1) is 17.5. The Kier molecular flexibility index (Phi) is 9.84. The molecule has 1 aliphatic rings. The molecule has 3 heterocycles. The number of ether oxygens (including phenoxy) is 2. The molecule has 0 saturated carbocycles. The van der Waals surface area contributed by atoms with Gasteiger partial charge in [0.2, 0.25) is 0 Å². The van der Waals surface area contributed by atoms with Crippen molar-refractivity contribution in [3.8, 4) is 23.2 Å². The topological polar surface area (TPSA) is 153 Å². The van der Waals surface area contributed by atoms with Gasteiger partial charge in [-0.1, -0.05) is 0 Å². The lowest BCUT2D eigenvalue weighted by molar-refractivity contribution is -0.131. The molecule has 192 valence electrons. The molecule has 1 aliphatic heterocycles. The number of carbonyl (C=O) groups excluding carboxylic acids is 1. The normalized spacial score (nSPS) is 13.6. The van der Waals surface area contributed by atoms with Crippen molar-refractivity contribution in [2.24, 2.45) is 0 Å². The fraction of sp³-hybridized carbons (Fsp3) is 0.478. The highest BCUT2D eigenvalue weighted by atomic mass is 19.1. The van der Waals surface area contributed by atoms with Crippen LogP contribution in [0.3, 0.4) is 0 Å². The average Bonchev–Trinajstić information content (AvgIpc) is 3.51. The lowest BCUT2D eigenvalue weighted by atomic mass is 10.1. The molecule has 0 atom stereocenters. The number of rotatable bonds is 9. The second kappa shape index (κ2) is 13.3. The number of piperidine rings is 1. The molecule has 1 fully saturated rings. The van der Waals surface area contributed by atoms with Crippen LogP contribution in [0.2, 0.25) is 0 Å². The minimum absolute atomic E-state index is 0.0301. The van der Waals surface area contributed by atoms with Crippen LogP contribution in [0.15, 0.2) is 24.4 Å². The zero-order valence-corrected chi connectivity index (χ0v) is 20.2. The summed E-state index contributed by atoms with van der Waals surface area (Å²) in [5.41, 5.74) is 1.53. The zero-order valence-electron chi connectivity index (χ0n) is 20.2. The number of hydrogen-bond acceptors (Lipinski definition) is 10. The van der Waals surface area contributed by atoms with Crippen molar-refractivity contribution in [1.82, 2.24) is 35.3 Å². The summed E-state index contributed by atoms with van der Waals surface area (Å²) in [6.07, 6.45) is 3.45. The van der Waals surface area contributed by atoms with E-state index < -0.39 is 5.82 Å². The number of benzene rings is 1. The number of aliphatic hydroxyl groups is 1. The Labute approximate surface area is 207 Å². The smallest absolute Gasteiger partial charge is 0.293 e. The Balaban J connectivity index is 0.000000538. The molecule has 36 heavy (non-hydrogen) atoms. The van der Waals surface area contributed by atoms with Gasteiger partial charge in [0, 0.05) is 11.1 Å². The van der Waals surface area contributed by atoms with Crippen molar-refractivity contribution in [1.29, 1.82) is 5.26 Å². The second-order valence-corrected chi connectivity index (χ2v) is 8.22. The quantitative estimate of drug-likeness (QED) is 0.414. The summed E-state index contributed by atoms with van der Waals surface area (Å²) < 4.78 is 27.7. The van der Waals surface area contributed by atoms with Crippen LogP contribution in [0.5, 0.6) is 5.75 Å². The van der Waals surface area contributed by atoms with Crippen LogP contribution in [-0.4, -0.2) is 67.4 Å². The van der Waals surface area contributed by atoms with Crippen LogP contribution >= 0.6 is 0 Å². The highest BCUT2D eigenvalue weighted by Crippen LogP contribution is 2.26. The SMILES string of the molecule is CC(C)OC=O.N#Cc1c(COc2ccc(-c3nnnn3CCO)cc2F)cnn1C1CCNCC1. The summed E-state index contributed by atoms with van der Waals surface area (Å²) in [5, 5.41) is 37.5. The van der Waals surface area contributed by atoms with E-state index >= 15 is 0 Å². The van der Waals surface area contributed by atoms with Crippen molar-refractivity contribution in [2.45, 2.75) is 52.0 Å². The summed E-state index contributed by atoms with van der Waals surface area (Å²) >= 11 is 0. The summed E-state index contributed by atoms with van der Waals surface area (Å²) in [6.45, 7) is 5.94. The van der Waals surface area contributed by atoms with Gasteiger partial charge in [-0.05, 0) is 68.4 Å².